The highest BCUT2D eigenvalue weighted by Crippen LogP contribution is 2.24. The Morgan fingerprint density at radius 2 is 1.68 bits per heavy atom. The summed E-state index contributed by atoms with van der Waals surface area (Å²) in [7, 11) is 0. The lowest BCUT2D eigenvalue weighted by Gasteiger charge is -2.14. The number of nitrogens with one attached hydrogen (secondary N) is 1. The van der Waals surface area contributed by atoms with Gasteiger partial charge in [-0.3, -0.25) is 14.9 Å². The summed E-state index contributed by atoms with van der Waals surface area (Å²) in [5, 5.41) is 13.7. The summed E-state index contributed by atoms with van der Waals surface area (Å²) in [6, 6.07) is 11.7. The Labute approximate surface area is 129 Å². The van der Waals surface area contributed by atoms with Crippen LogP contribution in [0.25, 0.3) is 0 Å². The van der Waals surface area contributed by atoms with Gasteiger partial charge in [0, 0.05) is 23.4 Å². The third-order valence-electron chi connectivity index (χ3n) is 3.56. The second-order valence-electron chi connectivity index (χ2n) is 4.92. The molecule has 0 radical (unpaired) electrons. The minimum atomic E-state index is -0.506. The summed E-state index contributed by atoms with van der Waals surface area (Å²) >= 11 is 0. The molecule has 2 aromatic carbocycles. The van der Waals surface area contributed by atoms with E-state index < -0.39 is 4.92 Å². The number of carbonyl (C=O) groups is 1. The molecule has 0 bridgehead atoms. The second-order valence-corrected chi connectivity index (χ2v) is 4.92. The molecule has 0 saturated heterocycles. The highest BCUT2D eigenvalue weighted by atomic mass is 16.6. The molecule has 5 nitrogen and oxygen atoms in total. The second kappa shape index (κ2) is 6.85. The number of benzene rings is 2. The number of hydrogen-bond donors (Lipinski definition) is 1. The number of hydrogen-bond acceptors (Lipinski definition) is 3. The molecule has 0 fully saturated rings. The molecule has 0 saturated carbocycles. The van der Waals surface area contributed by atoms with Gasteiger partial charge in [-0.15, -0.1) is 0 Å². The highest BCUT2D eigenvalue weighted by Gasteiger charge is 2.14. The summed E-state index contributed by atoms with van der Waals surface area (Å²) in [6.07, 6.45) is 1.61. The van der Waals surface area contributed by atoms with Crippen molar-refractivity contribution < 1.29 is 9.72 Å². The van der Waals surface area contributed by atoms with Crippen molar-refractivity contribution in [2.24, 2.45) is 0 Å². The lowest BCUT2D eigenvalue weighted by molar-refractivity contribution is -0.384. The zero-order chi connectivity index (χ0) is 16.1. The standard InChI is InChI=1S/C17H18N2O3/c1-3-12-7-5-8-13(4-2)16(12)18-17(20)14-9-6-10-15(11-14)19(21)22/h5-11H,3-4H2,1-2H3,(H,18,20). The van der Waals surface area contributed by atoms with Crippen molar-refractivity contribution in [2.45, 2.75) is 26.7 Å². The van der Waals surface area contributed by atoms with E-state index in [9.17, 15) is 14.9 Å². The maximum absolute atomic E-state index is 12.4. The molecule has 114 valence electrons. The van der Waals surface area contributed by atoms with Gasteiger partial charge in [0.25, 0.3) is 11.6 Å². The molecule has 0 heterocycles. The maximum atomic E-state index is 12.4. The van der Waals surface area contributed by atoms with Gasteiger partial charge in [0.1, 0.15) is 0 Å². The van der Waals surface area contributed by atoms with Gasteiger partial charge in [0.05, 0.1) is 4.92 Å². The van der Waals surface area contributed by atoms with Crippen molar-refractivity contribution in [2.75, 3.05) is 5.32 Å². The van der Waals surface area contributed by atoms with E-state index in [0.29, 0.717) is 0 Å². The van der Waals surface area contributed by atoms with Crippen molar-refractivity contribution in [1.82, 2.24) is 0 Å². The minimum Gasteiger partial charge on any atom is -0.321 e. The Bertz CT molecular complexity index is 689. The van der Waals surface area contributed by atoms with Gasteiger partial charge < -0.3 is 5.32 Å². The summed E-state index contributed by atoms with van der Waals surface area (Å²) in [5.74, 6) is -0.334. The number of nitro groups is 1. The predicted molar refractivity (Wildman–Crippen MR) is 86.2 cm³/mol. The summed E-state index contributed by atoms with van der Waals surface area (Å²) in [6.45, 7) is 4.05. The van der Waals surface area contributed by atoms with E-state index >= 15 is 0 Å². The smallest absolute Gasteiger partial charge is 0.270 e. The van der Waals surface area contributed by atoms with Crippen LogP contribution >= 0.6 is 0 Å². The number of anilines is 1. The van der Waals surface area contributed by atoms with Crippen molar-refractivity contribution in [3.05, 3.63) is 69.3 Å². The van der Waals surface area contributed by atoms with Crippen LogP contribution in [0.2, 0.25) is 0 Å². The number of nitro benzene ring substituents is 1. The molecule has 2 rings (SSSR count). The van der Waals surface area contributed by atoms with Crippen LogP contribution < -0.4 is 5.32 Å². The van der Waals surface area contributed by atoms with E-state index in [1.807, 2.05) is 32.0 Å². The molecular formula is C17H18N2O3. The van der Waals surface area contributed by atoms with Crippen molar-refractivity contribution in [1.29, 1.82) is 0 Å². The SMILES string of the molecule is CCc1cccc(CC)c1NC(=O)c1cccc([N+](=O)[O-])c1. The Morgan fingerprint density at radius 1 is 1.09 bits per heavy atom. The third-order valence-corrected chi connectivity index (χ3v) is 3.56. The first-order chi connectivity index (χ1) is 10.6. The molecule has 22 heavy (non-hydrogen) atoms. The fraction of sp³-hybridized carbons (Fsp3) is 0.235. The van der Waals surface area contributed by atoms with Crippen LogP contribution in [0.15, 0.2) is 42.5 Å². The van der Waals surface area contributed by atoms with Gasteiger partial charge >= 0.3 is 0 Å². The number of amides is 1. The average molecular weight is 298 g/mol. The number of carbonyl (C=O) groups excluding carboxylic acids is 1. The normalized spacial score (nSPS) is 10.3. The summed E-state index contributed by atoms with van der Waals surface area (Å²) < 4.78 is 0. The van der Waals surface area contributed by atoms with Crippen LogP contribution in [0, 0.1) is 10.1 Å². The maximum Gasteiger partial charge on any atom is 0.270 e. The van der Waals surface area contributed by atoms with Crippen molar-refractivity contribution in [3.63, 3.8) is 0 Å². The molecule has 0 atom stereocenters. The number of aryl methyl sites for hydroxylation is 2. The molecule has 5 heteroatoms. The van der Waals surface area contributed by atoms with E-state index in [1.165, 1.54) is 18.2 Å². The van der Waals surface area contributed by atoms with Crippen LogP contribution in [0.1, 0.15) is 35.3 Å². The Balaban J connectivity index is 2.33. The Hall–Kier alpha value is -2.69. The lowest BCUT2D eigenvalue weighted by Crippen LogP contribution is -2.15. The zero-order valence-corrected chi connectivity index (χ0v) is 12.6. The predicted octanol–water partition coefficient (Wildman–Crippen LogP) is 3.97. The van der Waals surface area contributed by atoms with Gasteiger partial charge in [-0.05, 0) is 30.0 Å². The number of non-ortho nitro benzene ring substituents is 1. The number of nitrogens with zero attached hydrogens (tertiary/aromatic N) is 1. The fourth-order valence-corrected chi connectivity index (χ4v) is 2.35. The van der Waals surface area contributed by atoms with Gasteiger partial charge in [-0.1, -0.05) is 38.1 Å². The first-order valence-electron chi connectivity index (χ1n) is 7.23. The first kappa shape index (κ1) is 15.7. The lowest BCUT2D eigenvalue weighted by atomic mass is 10.0. The molecular weight excluding hydrogens is 280 g/mol. The molecule has 0 aliphatic heterocycles. The molecule has 0 unspecified atom stereocenters. The van der Waals surface area contributed by atoms with E-state index in [-0.39, 0.29) is 17.2 Å². The van der Waals surface area contributed by atoms with Crippen LogP contribution in [0.4, 0.5) is 11.4 Å². The molecule has 0 aromatic heterocycles. The Morgan fingerprint density at radius 3 is 2.23 bits per heavy atom. The zero-order valence-electron chi connectivity index (χ0n) is 12.6. The van der Waals surface area contributed by atoms with Crippen LogP contribution in [-0.4, -0.2) is 10.8 Å². The largest absolute Gasteiger partial charge is 0.321 e. The molecule has 0 aliphatic carbocycles. The molecule has 0 aliphatic rings. The van der Waals surface area contributed by atoms with Gasteiger partial charge in [0.2, 0.25) is 0 Å². The van der Waals surface area contributed by atoms with Gasteiger partial charge in [-0.25, -0.2) is 0 Å². The fourth-order valence-electron chi connectivity index (χ4n) is 2.35. The third kappa shape index (κ3) is 3.31. The van der Waals surface area contributed by atoms with Crippen LogP contribution in [-0.2, 0) is 12.8 Å². The minimum absolute atomic E-state index is 0.0906. The molecule has 1 amide bonds. The van der Waals surface area contributed by atoms with Crippen LogP contribution in [0.5, 0.6) is 0 Å². The topological polar surface area (TPSA) is 72.2 Å². The first-order valence-corrected chi connectivity index (χ1v) is 7.23. The quantitative estimate of drug-likeness (QED) is 0.670. The highest BCUT2D eigenvalue weighted by molar-refractivity contribution is 6.05. The van der Waals surface area contributed by atoms with E-state index in [1.54, 1.807) is 6.07 Å². The van der Waals surface area contributed by atoms with Crippen molar-refractivity contribution in [3.8, 4) is 0 Å². The monoisotopic (exact) mass is 298 g/mol. The van der Waals surface area contributed by atoms with Crippen molar-refractivity contribution >= 4 is 17.3 Å². The average Bonchev–Trinajstić information content (AvgIpc) is 2.55. The van der Waals surface area contributed by atoms with E-state index in [0.717, 1.165) is 29.7 Å². The molecule has 2 aromatic rings. The molecule has 1 N–H and O–H groups in total. The van der Waals surface area contributed by atoms with E-state index in [2.05, 4.69) is 5.32 Å². The van der Waals surface area contributed by atoms with Gasteiger partial charge in [0.15, 0.2) is 0 Å². The number of para-hydroxylation sites is 1. The van der Waals surface area contributed by atoms with Gasteiger partial charge in [-0.2, -0.15) is 0 Å². The summed E-state index contributed by atoms with van der Waals surface area (Å²) in [4.78, 5) is 22.7. The number of rotatable bonds is 5. The molecule has 0 spiro atoms. The van der Waals surface area contributed by atoms with E-state index in [4.69, 9.17) is 0 Å². The summed E-state index contributed by atoms with van der Waals surface area (Å²) in [5.41, 5.74) is 3.11. The Kier molecular flexibility index (Phi) is 4.88. The van der Waals surface area contributed by atoms with Crippen LogP contribution in [0.3, 0.4) is 0 Å².